The standard InChI is InChI=1S/C17H33NO/c1-3-5-15(6-4-2)7-10-18-11-8-16(9-12-18)17-13-19-14-17/h15-17H,3-14H2,1-2H3. The Morgan fingerprint density at radius 2 is 1.58 bits per heavy atom. The molecule has 0 aromatic heterocycles. The van der Waals surface area contributed by atoms with E-state index in [0.29, 0.717) is 0 Å². The van der Waals surface area contributed by atoms with Crippen molar-refractivity contribution >= 4 is 0 Å². The van der Waals surface area contributed by atoms with Crippen molar-refractivity contribution in [2.24, 2.45) is 17.8 Å². The van der Waals surface area contributed by atoms with E-state index >= 15 is 0 Å². The Bertz CT molecular complexity index is 225. The van der Waals surface area contributed by atoms with Crippen molar-refractivity contribution in [1.29, 1.82) is 0 Å². The number of nitrogens with zero attached hydrogens (tertiary/aromatic N) is 1. The van der Waals surface area contributed by atoms with E-state index in [0.717, 1.165) is 31.0 Å². The highest BCUT2D eigenvalue weighted by Gasteiger charge is 2.31. The molecule has 0 aliphatic carbocycles. The number of piperidine rings is 1. The molecule has 0 spiro atoms. The average Bonchev–Trinajstić information content (AvgIpc) is 2.36. The summed E-state index contributed by atoms with van der Waals surface area (Å²) >= 11 is 0. The molecule has 0 N–H and O–H groups in total. The predicted molar refractivity (Wildman–Crippen MR) is 81.4 cm³/mol. The van der Waals surface area contributed by atoms with E-state index in [9.17, 15) is 0 Å². The van der Waals surface area contributed by atoms with Crippen molar-refractivity contribution < 1.29 is 4.74 Å². The van der Waals surface area contributed by atoms with E-state index in [1.165, 1.54) is 64.6 Å². The minimum atomic E-state index is 0.898. The first-order chi connectivity index (χ1) is 9.33. The predicted octanol–water partition coefficient (Wildman–Crippen LogP) is 3.95. The van der Waals surface area contributed by atoms with Crippen LogP contribution in [0.4, 0.5) is 0 Å². The van der Waals surface area contributed by atoms with Crippen LogP contribution in [0.3, 0.4) is 0 Å². The van der Waals surface area contributed by atoms with Crippen molar-refractivity contribution in [3.05, 3.63) is 0 Å². The Morgan fingerprint density at radius 3 is 2.05 bits per heavy atom. The second-order valence-electron chi connectivity index (χ2n) is 6.71. The van der Waals surface area contributed by atoms with Gasteiger partial charge in [0.05, 0.1) is 13.2 Å². The van der Waals surface area contributed by atoms with Gasteiger partial charge in [-0.15, -0.1) is 0 Å². The van der Waals surface area contributed by atoms with Crippen molar-refractivity contribution in [2.45, 2.75) is 58.8 Å². The molecular formula is C17H33NO. The minimum Gasteiger partial charge on any atom is -0.381 e. The van der Waals surface area contributed by atoms with Gasteiger partial charge in [-0.05, 0) is 50.7 Å². The molecule has 0 aromatic rings. The lowest BCUT2D eigenvalue weighted by Crippen LogP contribution is -2.42. The van der Waals surface area contributed by atoms with Gasteiger partial charge in [0.25, 0.3) is 0 Å². The molecule has 0 radical (unpaired) electrons. The third-order valence-corrected chi connectivity index (χ3v) is 5.21. The molecule has 2 heterocycles. The summed E-state index contributed by atoms with van der Waals surface area (Å²) in [5.74, 6) is 2.84. The fourth-order valence-corrected chi connectivity index (χ4v) is 3.79. The number of rotatable bonds is 8. The van der Waals surface area contributed by atoms with Crippen LogP contribution in [-0.4, -0.2) is 37.7 Å². The number of likely N-dealkylation sites (tertiary alicyclic amines) is 1. The van der Waals surface area contributed by atoms with Crippen LogP contribution in [0.15, 0.2) is 0 Å². The summed E-state index contributed by atoms with van der Waals surface area (Å²) in [5.41, 5.74) is 0. The molecule has 2 aliphatic heterocycles. The Hall–Kier alpha value is -0.0800. The van der Waals surface area contributed by atoms with E-state index in [1.54, 1.807) is 0 Å². The highest BCUT2D eigenvalue weighted by molar-refractivity contribution is 4.81. The number of hydrogen-bond donors (Lipinski definition) is 0. The normalized spacial score (nSPS) is 22.9. The van der Waals surface area contributed by atoms with Crippen LogP contribution in [0.1, 0.15) is 58.8 Å². The lowest BCUT2D eigenvalue weighted by Gasteiger charge is -2.39. The molecule has 0 bridgehead atoms. The van der Waals surface area contributed by atoms with E-state index in [-0.39, 0.29) is 0 Å². The first kappa shape index (κ1) is 15.3. The van der Waals surface area contributed by atoms with E-state index in [4.69, 9.17) is 4.74 Å². The zero-order valence-corrected chi connectivity index (χ0v) is 13.1. The molecule has 0 amide bonds. The fourth-order valence-electron chi connectivity index (χ4n) is 3.79. The molecule has 0 unspecified atom stereocenters. The minimum absolute atomic E-state index is 0.898. The van der Waals surface area contributed by atoms with Crippen LogP contribution in [0.2, 0.25) is 0 Å². The van der Waals surface area contributed by atoms with Crippen LogP contribution in [0, 0.1) is 17.8 Å². The molecule has 0 atom stereocenters. The SMILES string of the molecule is CCCC(CCC)CCN1CCC(C2COC2)CC1. The van der Waals surface area contributed by atoms with Gasteiger partial charge in [-0.25, -0.2) is 0 Å². The van der Waals surface area contributed by atoms with Gasteiger partial charge in [0.15, 0.2) is 0 Å². The summed E-state index contributed by atoms with van der Waals surface area (Å²) in [5, 5.41) is 0. The van der Waals surface area contributed by atoms with Crippen LogP contribution in [-0.2, 0) is 4.74 Å². The fraction of sp³-hybridized carbons (Fsp3) is 1.00. The quantitative estimate of drug-likeness (QED) is 0.660. The molecule has 2 nitrogen and oxygen atoms in total. The molecule has 2 saturated heterocycles. The van der Waals surface area contributed by atoms with E-state index in [1.807, 2.05) is 0 Å². The molecule has 0 saturated carbocycles. The second kappa shape index (κ2) is 8.26. The van der Waals surface area contributed by atoms with Gasteiger partial charge in [0.2, 0.25) is 0 Å². The summed E-state index contributed by atoms with van der Waals surface area (Å²) in [6.07, 6.45) is 9.84. The highest BCUT2D eigenvalue weighted by Crippen LogP contribution is 2.30. The maximum atomic E-state index is 5.33. The maximum Gasteiger partial charge on any atom is 0.0519 e. The van der Waals surface area contributed by atoms with Gasteiger partial charge < -0.3 is 9.64 Å². The largest absolute Gasteiger partial charge is 0.381 e. The highest BCUT2D eigenvalue weighted by atomic mass is 16.5. The zero-order chi connectivity index (χ0) is 13.5. The van der Waals surface area contributed by atoms with Crippen molar-refractivity contribution in [3.63, 3.8) is 0 Å². The summed E-state index contributed by atoms with van der Waals surface area (Å²) in [6, 6.07) is 0. The molecule has 2 heteroatoms. The van der Waals surface area contributed by atoms with Crippen LogP contribution in [0.25, 0.3) is 0 Å². The molecule has 2 rings (SSSR count). The Balaban J connectivity index is 1.61. The van der Waals surface area contributed by atoms with Crippen LogP contribution >= 0.6 is 0 Å². The lowest BCUT2D eigenvalue weighted by molar-refractivity contribution is -0.0724. The summed E-state index contributed by atoms with van der Waals surface area (Å²) in [7, 11) is 0. The molecule has 19 heavy (non-hydrogen) atoms. The first-order valence-electron chi connectivity index (χ1n) is 8.63. The van der Waals surface area contributed by atoms with Gasteiger partial charge in [0, 0.05) is 5.92 Å². The van der Waals surface area contributed by atoms with Gasteiger partial charge in [-0.3, -0.25) is 0 Å². The van der Waals surface area contributed by atoms with Gasteiger partial charge >= 0.3 is 0 Å². The number of ether oxygens (including phenoxy) is 1. The summed E-state index contributed by atoms with van der Waals surface area (Å²) in [4.78, 5) is 2.72. The van der Waals surface area contributed by atoms with Crippen molar-refractivity contribution in [3.8, 4) is 0 Å². The van der Waals surface area contributed by atoms with Crippen LogP contribution in [0.5, 0.6) is 0 Å². The second-order valence-corrected chi connectivity index (χ2v) is 6.71. The zero-order valence-electron chi connectivity index (χ0n) is 13.1. The third-order valence-electron chi connectivity index (χ3n) is 5.21. The average molecular weight is 267 g/mol. The Labute approximate surface area is 119 Å². The summed E-state index contributed by atoms with van der Waals surface area (Å²) < 4.78 is 5.33. The monoisotopic (exact) mass is 267 g/mol. The maximum absolute atomic E-state index is 5.33. The van der Waals surface area contributed by atoms with Crippen molar-refractivity contribution in [2.75, 3.05) is 32.8 Å². The van der Waals surface area contributed by atoms with Gasteiger partial charge in [0.1, 0.15) is 0 Å². The Morgan fingerprint density at radius 1 is 0.947 bits per heavy atom. The van der Waals surface area contributed by atoms with Crippen molar-refractivity contribution in [1.82, 2.24) is 4.90 Å². The molecular weight excluding hydrogens is 234 g/mol. The third kappa shape index (κ3) is 4.75. The Kier molecular flexibility index (Phi) is 6.66. The summed E-state index contributed by atoms with van der Waals surface area (Å²) in [6.45, 7) is 10.8. The van der Waals surface area contributed by atoms with Gasteiger partial charge in [-0.1, -0.05) is 39.5 Å². The molecule has 2 fully saturated rings. The van der Waals surface area contributed by atoms with E-state index < -0.39 is 0 Å². The topological polar surface area (TPSA) is 12.5 Å². The smallest absolute Gasteiger partial charge is 0.0519 e. The van der Waals surface area contributed by atoms with E-state index in [2.05, 4.69) is 18.7 Å². The van der Waals surface area contributed by atoms with Gasteiger partial charge in [-0.2, -0.15) is 0 Å². The van der Waals surface area contributed by atoms with Crippen LogP contribution < -0.4 is 0 Å². The molecule has 112 valence electrons. The number of hydrogen-bond acceptors (Lipinski definition) is 2. The lowest BCUT2D eigenvalue weighted by atomic mass is 9.83. The molecule has 2 aliphatic rings. The first-order valence-corrected chi connectivity index (χ1v) is 8.63. The molecule has 0 aromatic carbocycles.